The number of alkyl halides is 2. The van der Waals surface area contributed by atoms with Crippen molar-refractivity contribution in [2.45, 2.75) is 25.6 Å². The Kier molecular flexibility index (Phi) is 9.28. The second kappa shape index (κ2) is 11.7. The number of carbonyl (C=O) groups is 1. The van der Waals surface area contributed by atoms with E-state index in [0.717, 1.165) is 5.69 Å². The molecule has 0 saturated carbocycles. The predicted octanol–water partition coefficient (Wildman–Crippen LogP) is 3.39. The fraction of sp³-hybridized carbons (Fsp3) is 0.333. The number of carbonyl (C=O) groups excluding carboxylic acids is 1. The van der Waals surface area contributed by atoms with Gasteiger partial charge in [-0.1, -0.05) is 24.3 Å². The zero-order chi connectivity index (χ0) is 21.5. The van der Waals surface area contributed by atoms with E-state index in [1.165, 1.54) is 13.2 Å². The molecule has 7 nitrogen and oxygen atoms in total. The summed E-state index contributed by atoms with van der Waals surface area (Å²) < 4.78 is 34.7. The van der Waals surface area contributed by atoms with Crippen LogP contribution in [0, 0.1) is 0 Å². The quantitative estimate of drug-likeness (QED) is 0.317. The molecule has 1 unspecified atom stereocenters. The number of methoxy groups -OCH3 is 1. The van der Waals surface area contributed by atoms with E-state index in [1.807, 2.05) is 30.3 Å². The number of benzene rings is 2. The van der Waals surface area contributed by atoms with Crippen molar-refractivity contribution in [2.24, 2.45) is 4.99 Å². The van der Waals surface area contributed by atoms with Gasteiger partial charge in [-0.05, 0) is 29.8 Å². The molecule has 1 atom stereocenters. The van der Waals surface area contributed by atoms with Gasteiger partial charge in [-0.3, -0.25) is 9.79 Å². The highest BCUT2D eigenvalue weighted by atomic mass is 127. The summed E-state index contributed by atoms with van der Waals surface area (Å²) in [5.74, 6) is 0.745. The molecule has 0 radical (unpaired) electrons. The maximum atomic E-state index is 12.6. The molecule has 1 amide bonds. The SMILES string of the molecule is CN=C(NCc1ccc(OC)c(OC(F)F)c1)NC1CC(=O)N(c2ccccc2)C1.I. The Balaban J connectivity index is 0.00000341. The van der Waals surface area contributed by atoms with Gasteiger partial charge in [0.1, 0.15) is 0 Å². The molecule has 0 aliphatic carbocycles. The summed E-state index contributed by atoms with van der Waals surface area (Å²) in [4.78, 5) is 18.3. The first-order chi connectivity index (χ1) is 14.5. The first-order valence-electron chi connectivity index (χ1n) is 9.44. The van der Waals surface area contributed by atoms with Crippen LogP contribution in [0.2, 0.25) is 0 Å². The van der Waals surface area contributed by atoms with Crippen molar-refractivity contribution in [1.82, 2.24) is 10.6 Å². The molecule has 1 saturated heterocycles. The van der Waals surface area contributed by atoms with Crippen LogP contribution in [0.1, 0.15) is 12.0 Å². The summed E-state index contributed by atoms with van der Waals surface area (Å²) in [7, 11) is 3.01. The summed E-state index contributed by atoms with van der Waals surface area (Å²) in [6.45, 7) is -2.09. The molecule has 1 aliphatic rings. The topological polar surface area (TPSA) is 75.2 Å². The normalized spacial score (nSPS) is 16.2. The van der Waals surface area contributed by atoms with Crippen LogP contribution in [0.5, 0.6) is 11.5 Å². The number of anilines is 1. The van der Waals surface area contributed by atoms with Crippen LogP contribution in [-0.4, -0.2) is 45.2 Å². The highest BCUT2D eigenvalue weighted by Gasteiger charge is 2.31. The minimum Gasteiger partial charge on any atom is -0.493 e. The molecule has 3 rings (SSSR count). The van der Waals surface area contributed by atoms with Crippen molar-refractivity contribution in [1.29, 1.82) is 0 Å². The Morgan fingerprint density at radius 1 is 1.23 bits per heavy atom. The average molecular weight is 546 g/mol. The number of nitrogens with one attached hydrogen (secondary N) is 2. The first-order valence-corrected chi connectivity index (χ1v) is 9.44. The summed E-state index contributed by atoms with van der Waals surface area (Å²) in [5, 5.41) is 6.36. The van der Waals surface area contributed by atoms with Crippen molar-refractivity contribution in [2.75, 3.05) is 25.6 Å². The van der Waals surface area contributed by atoms with Gasteiger partial charge < -0.3 is 25.0 Å². The molecule has 0 aromatic heterocycles. The Morgan fingerprint density at radius 2 is 1.97 bits per heavy atom. The third kappa shape index (κ3) is 6.68. The number of halogens is 3. The van der Waals surface area contributed by atoms with Crippen molar-refractivity contribution in [3.8, 4) is 11.5 Å². The molecule has 168 valence electrons. The first kappa shape index (κ1) is 24.6. The number of rotatable bonds is 7. The number of para-hydroxylation sites is 1. The van der Waals surface area contributed by atoms with Crippen molar-refractivity contribution in [3.63, 3.8) is 0 Å². The molecular formula is C21H25F2IN4O3. The Hall–Kier alpha value is -2.63. The van der Waals surface area contributed by atoms with E-state index in [2.05, 4.69) is 20.4 Å². The molecule has 1 aliphatic heterocycles. The van der Waals surface area contributed by atoms with Gasteiger partial charge in [0, 0.05) is 32.2 Å². The standard InChI is InChI=1S/C21H24F2N4O3.HI/c1-24-21(25-12-14-8-9-17(29-2)18(10-14)30-20(22)23)26-15-11-19(28)27(13-15)16-6-4-3-5-7-16;/h3-10,15,20H,11-13H2,1-2H3,(H2,24,25,26);1H. The number of nitrogens with zero attached hydrogens (tertiary/aromatic N) is 2. The maximum Gasteiger partial charge on any atom is 0.387 e. The predicted molar refractivity (Wildman–Crippen MR) is 126 cm³/mol. The molecule has 2 N–H and O–H groups in total. The smallest absolute Gasteiger partial charge is 0.387 e. The van der Waals surface area contributed by atoms with Gasteiger partial charge in [0.2, 0.25) is 5.91 Å². The zero-order valence-electron chi connectivity index (χ0n) is 17.2. The number of ether oxygens (including phenoxy) is 2. The van der Waals surface area contributed by atoms with Crippen LogP contribution in [0.25, 0.3) is 0 Å². The van der Waals surface area contributed by atoms with Crippen LogP contribution < -0.4 is 25.0 Å². The summed E-state index contributed by atoms with van der Waals surface area (Å²) in [6, 6.07) is 14.2. The van der Waals surface area contributed by atoms with E-state index in [9.17, 15) is 13.6 Å². The number of aliphatic imine (C=N–C) groups is 1. The molecule has 2 aromatic carbocycles. The fourth-order valence-corrected chi connectivity index (χ4v) is 3.25. The monoisotopic (exact) mass is 546 g/mol. The molecule has 31 heavy (non-hydrogen) atoms. The number of guanidine groups is 1. The van der Waals surface area contributed by atoms with E-state index in [1.54, 1.807) is 24.1 Å². The van der Waals surface area contributed by atoms with Gasteiger partial charge in [0.15, 0.2) is 17.5 Å². The summed E-state index contributed by atoms with van der Waals surface area (Å²) in [6.07, 6.45) is 0.352. The fourth-order valence-electron chi connectivity index (χ4n) is 3.25. The van der Waals surface area contributed by atoms with Gasteiger partial charge in [-0.15, -0.1) is 24.0 Å². The minimum absolute atomic E-state index is 0. The summed E-state index contributed by atoms with van der Waals surface area (Å²) >= 11 is 0. The maximum absolute atomic E-state index is 12.6. The second-order valence-corrected chi connectivity index (χ2v) is 6.67. The largest absolute Gasteiger partial charge is 0.493 e. The Labute approximate surface area is 196 Å². The Bertz CT molecular complexity index is 899. The van der Waals surface area contributed by atoms with Gasteiger partial charge in [0.25, 0.3) is 0 Å². The lowest BCUT2D eigenvalue weighted by molar-refractivity contribution is -0.117. The van der Waals surface area contributed by atoms with Crippen LogP contribution in [0.3, 0.4) is 0 Å². The lowest BCUT2D eigenvalue weighted by Gasteiger charge is -2.19. The molecule has 0 bridgehead atoms. The van der Waals surface area contributed by atoms with Crippen molar-refractivity contribution in [3.05, 3.63) is 54.1 Å². The van der Waals surface area contributed by atoms with Crippen LogP contribution in [0.15, 0.2) is 53.5 Å². The van der Waals surface area contributed by atoms with E-state index in [4.69, 9.17) is 4.74 Å². The van der Waals surface area contributed by atoms with Crippen LogP contribution in [-0.2, 0) is 11.3 Å². The molecule has 1 heterocycles. The lowest BCUT2D eigenvalue weighted by atomic mass is 10.2. The number of hydrogen-bond donors (Lipinski definition) is 2. The highest BCUT2D eigenvalue weighted by Crippen LogP contribution is 2.29. The van der Waals surface area contributed by atoms with Gasteiger partial charge in [0.05, 0.1) is 13.2 Å². The highest BCUT2D eigenvalue weighted by molar-refractivity contribution is 14.0. The third-order valence-electron chi connectivity index (χ3n) is 4.66. The van der Waals surface area contributed by atoms with Gasteiger partial charge in [-0.2, -0.15) is 8.78 Å². The van der Waals surface area contributed by atoms with Gasteiger partial charge in [-0.25, -0.2) is 0 Å². The summed E-state index contributed by atoms with van der Waals surface area (Å²) in [5.41, 5.74) is 1.57. The van der Waals surface area contributed by atoms with Crippen molar-refractivity contribution < 1.29 is 23.0 Å². The molecule has 0 spiro atoms. The zero-order valence-corrected chi connectivity index (χ0v) is 19.5. The molecule has 2 aromatic rings. The number of hydrogen-bond acceptors (Lipinski definition) is 4. The molecule has 10 heteroatoms. The molecule has 1 fully saturated rings. The van der Waals surface area contributed by atoms with E-state index in [0.29, 0.717) is 31.0 Å². The van der Waals surface area contributed by atoms with Crippen LogP contribution >= 0.6 is 24.0 Å². The van der Waals surface area contributed by atoms with Crippen molar-refractivity contribution >= 4 is 41.5 Å². The average Bonchev–Trinajstić information content (AvgIpc) is 3.11. The Morgan fingerprint density at radius 3 is 2.61 bits per heavy atom. The number of amides is 1. The van der Waals surface area contributed by atoms with Gasteiger partial charge >= 0.3 is 6.61 Å². The van der Waals surface area contributed by atoms with E-state index >= 15 is 0 Å². The lowest BCUT2D eigenvalue weighted by Crippen LogP contribution is -2.44. The minimum atomic E-state index is -2.94. The second-order valence-electron chi connectivity index (χ2n) is 6.67. The molecular weight excluding hydrogens is 521 g/mol. The van der Waals surface area contributed by atoms with E-state index < -0.39 is 6.61 Å². The van der Waals surface area contributed by atoms with E-state index in [-0.39, 0.29) is 47.4 Å². The van der Waals surface area contributed by atoms with Crippen LogP contribution in [0.4, 0.5) is 14.5 Å². The third-order valence-corrected chi connectivity index (χ3v) is 4.66.